The fourth-order valence-electron chi connectivity index (χ4n) is 3.37. The van der Waals surface area contributed by atoms with Crippen molar-refractivity contribution in [1.29, 1.82) is 0 Å². The molecule has 35 heavy (non-hydrogen) atoms. The maximum absolute atomic E-state index is 12.7. The van der Waals surface area contributed by atoms with E-state index in [1.807, 2.05) is 6.92 Å². The van der Waals surface area contributed by atoms with Crippen molar-refractivity contribution in [3.63, 3.8) is 0 Å². The Bertz CT molecular complexity index is 1310. The highest BCUT2D eigenvalue weighted by atomic mass is 32.2. The number of carbonyl (C=O) groups is 4. The number of hydrogen-bond acceptors (Lipinski definition) is 7. The number of Topliss-reactive ketones (excluding diaryl/α,β-unsaturated/α-hetero) is 1. The van der Waals surface area contributed by atoms with Gasteiger partial charge in [0.15, 0.2) is 5.78 Å². The molecule has 1 fully saturated rings. The molecular weight excluding hydrogens is 468 g/mol. The fraction of sp³-hybridized carbons (Fsp3) is 0.154. The lowest BCUT2D eigenvalue weighted by atomic mass is 10.1. The van der Waals surface area contributed by atoms with Crippen LogP contribution >= 0.6 is 11.8 Å². The molecule has 0 bridgehead atoms. The molecule has 1 aliphatic rings. The van der Waals surface area contributed by atoms with Gasteiger partial charge in [0.25, 0.3) is 11.1 Å². The smallest absolute Gasteiger partial charge is 0.294 e. The monoisotopic (exact) mass is 490 g/mol. The van der Waals surface area contributed by atoms with Gasteiger partial charge in [-0.2, -0.15) is 0 Å². The van der Waals surface area contributed by atoms with Crippen molar-refractivity contribution in [2.75, 3.05) is 18.5 Å². The van der Waals surface area contributed by atoms with E-state index in [1.54, 1.807) is 60.7 Å². The average Bonchev–Trinajstić information content (AvgIpc) is 3.41. The predicted molar refractivity (Wildman–Crippen MR) is 133 cm³/mol. The molecule has 1 aromatic heterocycles. The molecule has 0 radical (unpaired) electrons. The first-order chi connectivity index (χ1) is 16.8. The molecule has 2 heterocycles. The number of furan rings is 1. The molecular formula is C26H22N2O6S. The molecule has 1 aliphatic heterocycles. The van der Waals surface area contributed by atoms with Gasteiger partial charge in [-0.1, -0.05) is 24.3 Å². The van der Waals surface area contributed by atoms with Crippen molar-refractivity contribution in [2.45, 2.75) is 13.8 Å². The summed E-state index contributed by atoms with van der Waals surface area (Å²) in [5, 5.41) is 2.13. The van der Waals surface area contributed by atoms with Crippen molar-refractivity contribution < 1.29 is 28.3 Å². The van der Waals surface area contributed by atoms with E-state index in [0.717, 1.165) is 22.2 Å². The van der Waals surface area contributed by atoms with E-state index < -0.39 is 23.6 Å². The number of ketones is 1. The van der Waals surface area contributed by atoms with Gasteiger partial charge in [-0.15, -0.1) is 0 Å². The minimum atomic E-state index is -0.564. The Kier molecular flexibility index (Phi) is 7.17. The summed E-state index contributed by atoms with van der Waals surface area (Å²) in [6.45, 7) is 3.50. The van der Waals surface area contributed by atoms with E-state index in [2.05, 4.69) is 5.32 Å². The van der Waals surface area contributed by atoms with E-state index in [-0.39, 0.29) is 10.7 Å². The van der Waals surface area contributed by atoms with E-state index >= 15 is 0 Å². The number of thioether (sulfide) groups is 1. The number of rotatable bonds is 8. The summed E-state index contributed by atoms with van der Waals surface area (Å²) in [5.41, 5.74) is 1.90. The van der Waals surface area contributed by atoms with Gasteiger partial charge < -0.3 is 14.5 Å². The highest BCUT2D eigenvalue weighted by Gasteiger charge is 2.36. The SMILES string of the molecule is CCOc1ccc(NC(=O)CN2C(=O)S/C(=C/c3ccc(-c4ccc(C(C)=O)cc4)o3)C2=O)cc1. The normalized spacial score (nSPS) is 14.5. The van der Waals surface area contributed by atoms with Crippen molar-refractivity contribution >= 4 is 46.4 Å². The van der Waals surface area contributed by atoms with Crippen LogP contribution in [0.3, 0.4) is 0 Å². The number of imide groups is 1. The molecule has 0 atom stereocenters. The molecule has 4 rings (SSSR count). The molecule has 8 nitrogen and oxygen atoms in total. The number of amides is 3. The minimum Gasteiger partial charge on any atom is -0.494 e. The molecule has 178 valence electrons. The Morgan fingerprint density at radius 1 is 1.03 bits per heavy atom. The summed E-state index contributed by atoms with van der Waals surface area (Å²) < 4.78 is 11.2. The minimum absolute atomic E-state index is 0.0272. The summed E-state index contributed by atoms with van der Waals surface area (Å²) in [5.74, 6) is 0.536. The van der Waals surface area contributed by atoms with Gasteiger partial charge in [0, 0.05) is 22.9 Å². The summed E-state index contributed by atoms with van der Waals surface area (Å²) in [6, 6.07) is 17.2. The Labute approximate surface area is 205 Å². The quantitative estimate of drug-likeness (QED) is 0.341. The van der Waals surface area contributed by atoms with Crippen LogP contribution in [-0.4, -0.2) is 40.9 Å². The molecule has 9 heteroatoms. The number of nitrogens with zero attached hydrogens (tertiary/aromatic N) is 1. The number of nitrogens with one attached hydrogen (secondary N) is 1. The lowest BCUT2D eigenvalue weighted by molar-refractivity contribution is -0.127. The number of ether oxygens (including phenoxy) is 1. The van der Waals surface area contributed by atoms with Crippen LogP contribution in [0.15, 0.2) is 70.0 Å². The number of carbonyl (C=O) groups excluding carboxylic acids is 4. The first-order valence-corrected chi connectivity index (χ1v) is 11.6. The van der Waals surface area contributed by atoms with Crippen LogP contribution in [0.2, 0.25) is 0 Å². The van der Waals surface area contributed by atoms with E-state index in [9.17, 15) is 19.2 Å². The topological polar surface area (TPSA) is 106 Å². The van der Waals surface area contributed by atoms with Gasteiger partial charge in [0.1, 0.15) is 23.8 Å². The zero-order valence-electron chi connectivity index (χ0n) is 19.1. The zero-order valence-corrected chi connectivity index (χ0v) is 19.9. The second kappa shape index (κ2) is 10.4. The molecule has 0 saturated carbocycles. The Hall–Kier alpha value is -4.11. The van der Waals surface area contributed by atoms with Gasteiger partial charge >= 0.3 is 0 Å². The van der Waals surface area contributed by atoms with Crippen molar-refractivity contribution in [1.82, 2.24) is 4.90 Å². The molecule has 3 aromatic rings. The van der Waals surface area contributed by atoms with E-state index in [4.69, 9.17) is 9.15 Å². The number of hydrogen-bond donors (Lipinski definition) is 1. The van der Waals surface area contributed by atoms with Gasteiger partial charge in [-0.3, -0.25) is 24.1 Å². The van der Waals surface area contributed by atoms with Crippen LogP contribution in [0.25, 0.3) is 17.4 Å². The molecule has 1 N–H and O–H groups in total. The highest BCUT2D eigenvalue weighted by Crippen LogP contribution is 2.33. The van der Waals surface area contributed by atoms with Crippen LogP contribution < -0.4 is 10.1 Å². The summed E-state index contributed by atoms with van der Waals surface area (Å²) >= 11 is 0.747. The summed E-state index contributed by atoms with van der Waals surface area (Å²) in [6.07, 6.45) is 1.47. The summed E-state index contributed by atoms with van der Waals surface area (Å²) in [4.78, 5) is 50.0. The Morgan fingerprint density at radius 2 is 1.74 bits per heavy atom. The van der Waals surface area contributed by atoms with Crippen LogP contribution in [0.4, 0.5) is 10.5 Å². The standard InChI is InChI=1S/C26H22N2O6S/c1-3-33-20-10-8-19(9-11-20)27-24(30)15-28-25(31)23(35-26(28)32)14-21-12-13-22(34-21)18-6-4-17(5-7-18)16(2)29/h4-14H,3,15H2,1-2H3,(H,27,30)/b23-14+. The van der Waals surface area contributed by atoms with E-state index in [1.165, 1.54) is 13.0 Å². The number of anilines is 1. The molecule has 2 aromatic carbocycles. The molecule has 3 amide bonds. The summed E-state index contributed by atoms with van der Waals surface area (Å²) in [7, 11) is 0. The lowest BCUT2D eigenvalue weighted by Crippen LogP contribution is -2.36. The largest absolute Gasteiger partial charge is 0.494 e. The van der Waals surface area contributed by atoms with Crippen molar-refractivity contribution in [2.24, 2.45) is 0 Å². The van der Waals surface area contributed by atoms with E-state index in [0.29, 0.717) is 35.1 Å². The lowest BCUT2D eigenvalue weighted by Gasteiger charge is -2.12. The van der Waals surface area contributed by atoms with Gasteiger partial charge in [0.05, 0.1) is 11.5 Å². The third kappa shape index (κ3) is 5.70. The van der Waals surface area contributed by atoms with Crippen LogP contribution in [0.1, 0.15) is 30.0 Å². The average molecular weight is 491 g/mol. The maximum atomic E-state index is 12.7. The molecule has 0 spiro atoms. The predicted octanol–water partition coefficient (Wildman–Crippen LogP) is 5.22. The Morgan fingerprint density at radius 3 is 2.40 bits per heavy atom. The second-order valence-corrected chi connectivity index (χ2v) is 8.60. The maximum Gasteiger partial charge on any atom is 0.294 e. The van der Waals surface area contributed by atoms with Crippen LogP contribution in [-0.2, 0) is 9.59 Å². The second-order valence-electron chi connectivity index (χ2n) is 7.61. The molecule has 0 unspecified atom stereocenters. The fourth-order valence-corrected chi connectivity index (χ4v) is 4.18. The third-order valence-electron chi connectivity index (χ3n) is 5.10. The zero-order chi connectivity index (χ0) is 24.9. The first kappa shape index (κ1) is 24.0. The van der Waals surface area contributed by atoms with Gasteiger partial charge in [-0.05, 0) is 62.0 Å². The third-order valence-corrected chi connectivity index (χ3v) is 6.01. The highest BCUT2D eigenvalue weighted by molar-refractivity contribution is 8.18. The first-order valence-electron chi connectivity index (χ1n) is 10.8. The van der Waals surface area contributed by atoms with Crippen molar-refractivity contribution in [3.05, 3.63) is 76.9 Å². The van der Waals surface area contributed by atoms with Gasteiger partial charge in [0.2, 0.25) is 5.91 Å². The number of benzene rings is 2. The Balaban J connectivity index is 1.40. The van der Waals surface area contributed by atoms with Crippen LogP contribution in [0.5, 0.6) is 5.75 Å². The molecule has 1 saturated heterocycles. The van der Waals surface area contributed by atoms with Gasteiger partial charge in [-0.25, -0.2) is 0 Å². The van der Waals surface area contributed by atoms with Crippen molar-refractivity contribution in [3.8, 4) is 17.1 Å². The van der Waals surface area contributed by atoms with Crippen LogP contribution in [0, 0.1) is 0 Å². The molecule has 0 aliphatic carbocycles.